The van der Waals surface area contributed by atoms with E-state index in [1.165, 1.54) is 30.5 Å². The molecule has 4 aromatic rings. The summed E-state index contributed by atoms with van der Waals surface area (Å²) < 4.78 is 18.4. The summed E-state index contributed by atoms with van der Waals surface area (Å²) in [5.41, 5.74) is 7.17. The van der Waals surface area contributed by atoms with Crippen LogP contribution in [0.2, 0.25) is 0 Å². The molecule has 6 heteroatoms. The Bertz CT molecular complexity index is 1370. The maximum atomic E-state index is 14.4. The van der Waals surface area contributed by atoms with Crippen molar-refractivity contribution in [2.45, 2.75) is 53.9 Å². The standard InChI is InChI=1S/C27H31FN4O/c1-6-11-30(15-20-7-8-20)26(33)25-19(5)29-27-31(24-17(3)12-16(2)13-18(24)4)22-10-9-21(28)14-23(22)32(25)27/h9-10,12-14,20H,6-8,11,15H2,1-5H3. The maximum absolute atomic E-state index is 14.4. The lowest BCUT2D eigenvalue weighted by Crippen LogP contribution is -2.34. The normalized spacial score (nSPS) is 13.9. The number of fused-ring (bicyclic) bond motifs is 3. The van der Waals surface area contributed by atoms with E-state index < -0.39 is 0 Å². The zero-order valence-corrected chi connectivity index (χ0v) is 20.1. The summed E-state index contributed by atoms with van der Waals surface area (Å²) in [5, 5.41) is 0. The van der Waals surface area contributed by atoms with E-state index in [0.29, 0.717) is 35.1 Å². The fraction of sp³-hybridized carbons (Fsp3) is 0.407. The van der Waals surface area contributed by atoms with Gasteiger partial charge in [-0.1, -0.05) is 24.6 Å². The van der Waals surface area contributed by atoms with E-state index in [2.05, 4.69) is 44.4 Å². The van der Waals surface area contributed by atoms with Gasteiger partial charge in [0.15, 0.2) is 0 Å². The van der Waals surface area contributed by atoms with Crippen LogP contribution in [0.4, 0.5) is 4.39 Å². The monoisotopic (exact) mass is 446 g/mol. The Kier molecular flexibility index (Phi) is 5.26. The van der Waals surface area contributed by atoms with Crippen LogP contribution in [-0.2, 0) is 0 Å². The van der Waals surface area contributed by atoms with E-state index in [0.717, 1.165) is 35.3 Å². The summed E-state index contributed by atoms with van der Waals surface area (Å²) in [5.74, 6) is 0.900. The highest BCUT2D eigenvalue weighted by atomic mass is 19.1. The molecule has 5 rings (SSSR count). The van der Waals surface area contributed by atoms with E-state index in [9.17, 15) is 9.18 Å². The van der Waals surface area contributed by atoms with Crippen molar-refractivity contribution in [1.29, 1.82) is 0 Å². The summed E-state index contributed by atoms with van der Waals surface area (Å²) in [7, 11) is 0. The molecule has 2 heterocycles. The minimum atomic E-state index is -0.327. The average molecular weight is 447 g/mol. The third-order valence-electron chi connectivity index (χ3n) is 6.67. The quantitative estimate of drug-likeness (QED) is 0.369. The molecule has 1 aliphatic rings. The van der Waals surface area contributed by atoms with Crippen LogP contribution in [0.25, 0.3) is 22.5 Å². The lowest BCUT2D eigenvalue weighted by Gasteiger charge is -2.22. The van der Waals surface area contributed by atoms with Crippen LogP contribution in [0, 0.1) is 39.4 Å². The Balaban J connectivity index is 1.80. The first-order chi connectivity index (χ1) is 15.8. The molecule has 0 saturated heterocycles. The fourth-order valence-corrected chi connectivity index (χ4v) is 5.17. The Hall–Kier alpha value is -3.15. The molecule has 2 aromatic carbocycles. The van der Waals surface area contributed by atoms with E-state index in [-0.39, 0.29) is 11.7 Å². The number of halogens is 1. The van der Waals surface area contributed by atoms with Gasteiger partial charge in [-0.25, -0.2) is 9.37 Å². The molecular formula is C27H31FN4O. The maximum Gasteiger partial charge on any atom is 0.272 e. The number of imidazole rings is 2. The predicted molar refractivity (Wildman–Crippen MR) is 130 cm³/mol. The number of rotatable bonds is 6. The van der Waals surface area contributed by atoms with Crippen LogP contribution in [0.15, 0.2) is 30.3 Å². The smallest absolute Gasteiger partial charge is 0.272 e. The van der Waals surface area contributed by atoms with E-state index >= 15 is 0 Å². The van der Waals surface area contributed by atoms with Gasteiger partial charge in [-0.05, 0) is 76.1 Å². The summed E-state index contributed by atoms with van der Waals surface area (Å²) in [6, 6.07) is 9.07. The van der Waals surface area contributed by atoms with E-state index in [4.69, 9.17) is 4.98 Å². The molecule has 172 valence electrons. The van der Waals surface area contributed by atoms with Crippen molar-refractivity contribution in [2.24, 2.45) is 5.92 Å². The molecule has 1 aliphatic carbocycles. The highest BCUT2D eigenvalue weighted by Gasteiger charge is 2.31. The van der Waals surface area contributed by atoms with Crippen molar-refractivity contribution >= 4 is 22.7 Å². The molecule has 1 fully saturated rings. The first kappa shape index (κ1) is 21.7. The number of hydrogen-bond donors (Lipinski definition) is 0. The van der Waals surface area contributed by atoms with Crippen LogP contribution in [0.5, 0.6) is 0 Å². The number of aromatic nitrogens is 3. The fourth-order valence-electron chi connectivity index (χ4n) is 5.17. The van der Waals surface area contributed by atoms with Crippen LogP contribution in [-0.4, -0.2) is 37.8 Å². The Morgan fingerprint density at radius 3 is 2.42 bits per heavy atom. The second-order valence-corrected chi connectivity index (χ2v) is 9.59. The van der Waals surface area contributed by atoms with Crippen LogP contribution in [0.1, 0.15) is 59.1 Å². The SMILES string of the molecule is CCCN(CC1CC1)C(=O)c1c(C)nc2n(-c3c(C)cc(C)cc3C)c3ccc(F)cc3n12. The van der Waals surface area contributed by atoms with Crippen molar-refractivity contribution < 1.29 is 9.18 Å². The largest absolute Gasteiger partial charge is 0.337 e. The van der Waals surface area contributed by atoms with E-state index in [1.54, 1.807) is 6.07 Å². The van der Waals surface area contributed by atoms with E-state index in [1.807, 2.05) is 16.2 Å². The van der Waals surface area contributed by atoms with Crippen molar-refractivity contribution in [3.8, 4) is 5.69 Å². The molecule has 0 aliphatic heterocycles. The Morgan fingerprint density at radius 1 is 1.09 bits per heavy atom. The van der Waals surface area contributed by atoms with Gasteiger partial charge in [-0.2, -0.15) is 0 Å². The first-order valence-electron chi connectivity index (χ1n) is 11.9. The molecule has 0 radical (unpaired) electrons. The topological polar surface area (TPSA) is 42.5 Å². The summed E-state index contributed by atoms with van der Waals surface area (Å²) in [6.45, 7) is 11.7. The number of benzene rings is 2. The van der Waals surface area contributed by atoms with Crippen molar-refractivity contribution in [2.75, 3.05) is 13.1 Å². The minimum Gasteiger partial charge on any atom is -0.337 e. The third-order valence-corrected chi connectivity index (χ3v) is 6.67. The molecule has 5 nitrogen and oxygen atoms in total. The summed E-state index contributed by atoms with van der Waals surface area (Å²) >= 11 is 0. The van der Waals surface area contributed by atoms with Gasteiger partial charge in [0.25, 0.3) is 5.91 Å². The molecule has 1 amide bonds. The van der Waals surface area contributed by atoms with Crippen LogP contribution in [0.3, 0.4) is 0 Å². The zero-order valence-electron chi connectivity index (χ0n) is 20.1. The molecule has 33 heavy (non-hydrogen) atoms. The molecule has 0 atom stereocenters. The molecular weight excluding hydrogens is 415 g/mol. The van der Waals surface area contributed by atoms with Gasteiger partial charge in [-0.15, -0.1) is 0 Å². The van der Waals surface area contributed by atoms with Gasteiger partial charge in [0.1, 0.15) is 11.5 Å². The molecule has 0 bridgehead atoms. The molecule has 2 aromatic heterocycles. The van der Waals surface area contributed by atoms with Gasteiger partial charge >= 0.3 is 0 Å². The van der Waals surface area contributed by atoms with Gasteiger partial charge < -0.3 is 4.90 Å². The molecule has 0 unspecified atom stereocenters. The third kappa shape index (κ3) is 3.62. The number of carbonyl (C=O) groups is 1. The molecule has 0 spiro atoms. The lowest BCUT2D eigenvalue weighted by atomic mass is 10.0. The second-order valence-electron chi connectivity index (χ2n) is 9.59. The molecule has 0 N–H and O–H groups in total. The Morgan fingerprint density at radius 2 is 1.79 bits per heavy atom. The minimum absolute atomic E-state index is 0.0191. The summed E-state index contributed by atoms with van der Waals surface area (Å²) in [4.78, 5) is 20.6. The number of aryl methyl sites for hydroxylation is 4. The van der Waals surface area contributed by atoms with Crippen molar-refractivity contribution in [3.05, 3.63) is 64.2 Å². The molecule has 1 saturated carbocycles. The van der Waals surface area contributed by atoms with Gasteiger partial charge in [0, 0.05) is 19.2 Å². The van der Waals surface area contributed by atoms with Gasteiger partial charge in [0.05, 0.1) is 22.4 Å². The van der Waals surface area contributed by atoms with Crippen LogP contribution < -0.4 is 0 Å². The predicted octanol–water partition coefficient (Wildman–Crippen LogP) is 5.91. The highest BCUT2D eigenvalue weighted by Crippen LogP contribution is 2.33. The van der Waals surface area contributed by atoms with Crippen molar-refractivity contribution in [3.63, 3.8) is 0 Å². The highest BCUT2D eigenvalue weighted by molar-refractivity contribution is 5.98. The lowest BCUT2D eigenvalue weighted by molar-refractivity contribution is 0.0740. The first-order valence-corrected chi connectivity index (χ1v) is 11.9. The average Bonchev–Trinajstić information content (AvgIpc) is 3.44. The number of carbonyl (C=O) groups excluding carboxylic acids is 1. The number of amides is 1. The Labute approximate surface area is 193 Å². The van der Waals surface area contributed by atoms with Gasteiger partial charge in [-0.3, -0.25) is 13.8 Å². The summed E-state index contributed by atoms with van der Waals surface area (Å²) in [6.07, 6.45) is 3.27. The van der Waals surface area contributed by atoms with Crippen molar-refractivity contribution in [1.82, 2.24) is 18.9 Å². The second kappa shape index (κ2) is 8.01. The number of nitrogens with zero attached hydrogens (tertiary/aromatic N) is 4. The zero-order chi connectivity index (χ0) is 23.4. The van der Waals surface area contributed by atoms with Gasteiger partial charge in [0.2, 0.25) is 5.78 Å². The van der Waals surface area contributed by atoms with Crippen LogP contribution >= 0.6 is 0 Å². The number of hydrogen-bond acceptors (Lipinski definition) is 2.